The van der Waals surface area contributed by atoms with E-state index in [1.165, 1.54) is 16.3 Å². The number of hydrogen-bond acceptors (Lipinski definition) is 2. The van der Waals surface area contributed by atoms with Crippen molar-refractivity contribution in [2.45, 2.75) is 13.0 Å². The number of rotatable bonds is 2. The minimum atomic E-state index is 0. The highest BCUT2D eigenvalue weighted by Crippen LogP contribution is 2.29. The highest BCUT2D eigenvalue weighted by Gasteiger charge is 2.19. The van der Waals surface area contributed by atoms with E-state index in [0.29, 0.717) is 6.10 Å². The first kappa shape index (κ1) is 12.2. The third kappa shape index (κ3) is 2.24. The van der Waals surface area contributed by atoms with Gasteiger partial charge in [-0.2, -0.15) is 0 Å². The zero-order valence-corrected chi connectivity index (χ0v) is 10.6. The number of halogens is 1. The molecule has 1 aliphatic rings. The van der Waals surface area contributed by atoms with Gasteiger partial charge in [-0.25, -0.2) is 0 Å². The van der Waals surface area contributed by atoms with Crippen LogP contribution in [0.1, 0.15) is 5.56 Å². The Morgan fingerprint density at radius 2 is 1.76 bits per heavy atom. The highest BCUT2D eigenvalue weighted by molar-refractivity contribution is 5.90. The van der Waals surface area contributed by atoms with Crippen molar-refractivity contribution in [1.29, 1.82) is 0 Å². The Balaban J connectivity index is 0.00000108. The molecule has 0 unspecified atom stereocenters. The lowest BCUT2D eigenvalue weighted by Gasteiger charge is -2.28. The van der Waals surface area contributed by atoms with Crippen LogP contribution >= 0.6 is 12.4 Å². The summed E-state index contributed by atoms with van der Waals surface area (Å²) in [6.45, 7) is 4.06. The van der Waals surface area contributed by atoms with Gasteiger partial charge in [-0.3, -0.25) is 0 Å². The van der Waals surface area contributed by atoms with Gasteiger partial charge in [0, 0.05) is 18.5 Å². The van der Waals surface area contributed by atoms with Crippen LogP contribution in [0.5, 0.6) is 5.75 Å². The summed E-state index contributed by atoms with van der Waals surface area (Å²) >= 11 is 0. The van der Waals surface area contributed by atoms with Crippen molar-refractivity contribution in [3.05, 3.63) is 42.0 Å². The van der Waals surface area contributed by atoms with Crippen LogP contribution in [0.15, 0.2) is 36.4 Å². The number of hydrogen-bond donors (Lipinski definition) is 1. The summed E-state index contributed by atoms with van der Waals surface area (Å²) in [5.74, 6) is 1.01. The van der Waals surface area contributed by atoms with Crippen LogP contribution < -0.4 is 10.1 Å². The SMILES string of the molecule is Cc1ccc(OC2CNC2)c2ccccc12.Cl. The van der Waals surface area contributed by atoms with E-state index in [0.717, 1.165) is 18.8 Å². The molecule has 2 aromatic rings. The summed E-state index contributed by atoms with van der Waals surface area (Å²) in [6.07, 6.45) is 0.339. The molecule has 0 amide bonds. The molecule has 0 aromatic heterocycles. The summed E-state index contributed by atoms with van der Waals surface area (Å²) in [7, 11) is 0. The van der Waals surface area contributed by atoms with Crippen LogP contribution in [0.4, 0.5) is 0 Å². The lowest BCUT2D eigenvalue weighted by atomic mass is 10.0. The van der Waals surface area contributed by atoms with Crippen LogP contribution in [0.2, 0.25) is 0 Å². The van der Waals surface area contributed by atoms with Gasteiger partial charge in [0.25, 0.3) is 0 Å². The molecule has 0 atom stereocenters. The third-order valence-electron chi connectivity index (χ3n) is 3.14. The quantitative estimate of drug-likeness (QED) is 0.884. The largest absolute Gasteiger partial charge is 0.487 e. The van der Waals surface area contributed by atoms with E-state index in [2.05, 4.69) is 48.6 Å². The summed E-state index contributed by atoms with van der Waals surface area (Å²) in [5, 5.41) is 5.72. The fourth-order valence-electron chi connectivity index (χ4n) is 2.05. The van der Waals surface area contributed by atoms with Gasteiger partial charge in [0.05, 0.1) is 0 Å². The predicted octanol–water partition coefficient (Wildman–Crippen LogP) is 2.92. The van der Waals surface area contributed by atoms with Crippen LogP contribution in [-0.2, 0) is 0 Å². The Kier molecular flexibility index (Phi) is 3.55. The lowest BCUT2D eigenvalue weighted by molar-refractivity contribution is 0.144. The minimum absolute atomic E-state index is 0. The fourth-order valence-corrected chi connectivity index (χ4v) is 2.05. The van der Waals surface area contributed by atoms with Gasteiger partial charge in [-0.15, -0.1) is 12.4 Å². The first-order valence-electron chi connectivity index (χ1n) is 5.70. The summed E-state index contributed by atoms with van der Waals surface area (Å²) < 4.78 is 5.96. The molecule has 0 radical (unpaired) electrons. The molecule has 0 spiro atoms. The monoisotopic (exact) mass is 249 g/mol. The molecule has 90 valence electrons. The number of fused-ring (bicyclic) bond motifs is 1. The summed E-state index contributed by atoms with van der Waals surface area (Å²) in [4.78, 5) is 0. The Morgan fingerprint density at radius 3 is 2.41 bits per heavy atom. The minimum Gasteiger partial charge on any atom is -0.487 e. The Hall–Kier alpha value is -1.25. The lowest BCUT2D eigenvalue weighted by Crippen LogP contribution is -2.50. The number of ether oxygens (including phenoxy) is 1. The maximum Gasteiger partial charge on any atom is 0.127 e. The second kappa shape index (κ2) is 4.94. The van der Waals surface area contributed by atoms with Crippen LogP contribution in [0, 0.1) is 6.92 Å². The van der Waals surface area contributed by atoms with Crippen LogP contribution in [0.25, 0.3) is 10.8 Å². The first-order valence-corrected chi connectivity index (χ1v) is 5.70. The number of benzene rings is 2. The highest BCUT2D eigenvalue weighted by atomic mass is 35.5. The fraction of sp³-hybridized carbons (Fsp3) is 0.286. The standard InChI is InChI=1S/C14H15NO.ClH/c1-10-6-7-14(16-11-8-15-9-11)13-5-3-2-4-12(10)13;/h2-7,11,15H,8-9H2,1H3;1H. The molecule has 1 N–H and O–H groups in total. The first-order chi connectivity index (χ1) is 7.84. The molecule has 3 rings (SSSR count). The van der Waals surface area contributed by atoms with Crippen molar-refractivity contribution in [2.75, 3.05) is 13.1 Å². The molecule has 2 aromatic carbocycles. The molecular formula is C14H16ClNO. The molecular weight excluding hydrogens is 234 g/mol. The van der Waals surface area contributed by atoms with Gasteiger partial charge >= 0.3 is 0 Å². The molecule has 3 heteroatoms. The van der Waals surface area contributed by atoms with Gasteiger partial charge in [0.2, 0.25) is 0 Å². The second-order valence-electron chi connectivity index (χ2n) is 4.32. The average Bonchev–Trinajstić information content (AvgIpc) is 2.26. The third-order valence-corrected chi connectivity index (χ3v) is 3.14. The maximum absolute atomic E-state index is 5.96. The molecule has 0 bridgehead atoms. The average molecular weight is 250 g/mol. The van der Waals surface area contributed by atoms with E-state index in [9.17, 15) is 0 Å². The molecule has 0 saturated carbocycles. The summed E-state index contributed by atoms with van der Waals surface area (Å²) in [5.41, 5.74) is 1.30. The van der Waals surface area contributed by atoms with Crippen molar-refractivity contribution in [3.8, 4) is 5.75 Å². The van der Waals surface area contributed by atoms with Crippen molar-refractivity contribution >= 4 is 23.2 Å². The van der Waals surface area contributed by atoms with E-state index in [1.54, 1.807) is 0 Å². The van der Waals surface area contributed by atoms with E-state index >= 15 is 0 Å². The van der Waals surface area contributed by atoms with Crippen LogP contribution in [0.3, 0.4) is 0 Å². The van der Waals surface area contributed by atoms with E-state index in [1.807, 2.05) is 0 Å². The number of nitrogens with one attached hydrogen (secondary N) is 1. The van der Waals surface area contributed by atoms with Gasteiger partial charge in [0.15, 0.2) is 0 Å². The smallest absolute Gasteiger partial charge is 0.127 e. The van der Waals surface area contributed by atoms with Crippen molar-refractivity contribution in [3.63, 3.8) is 0 Å². The predicted molar refractivity (Wildman–Crippen MR) is 73.2 cm³/mol. The zero-order valence-electron chi connectivity index (χ0n) is 9.77. The van der Waals surface area contributed by atoms with E-state index in [-0.39, 0.29) is 12.4 Å². The zero-order chi connectivity index (χ0) is 11.0. The topological polar surface area (TPSA) is 21.3 Å². The van der Waals surface area contributed by atoms with Gasteiger partial charge < -0.3 is 10.1 Å². The van der Waals surface area contributed by atoms with Crippen molar-refractivity contribution in [1.82, 2.24) is 5.32 Å². The Bertz CT molecular complexity index is 523. The van der Waals surface area contributed by atoms with Gasteiger partial charge in [0.1, 0.15) is 11.9 Å². The normalized spacial score (nSPS) is 15.1. The Labute approximate surface area is 107 Å². The van der Waals surface area contributed by atoms with E-state index in [4.69, 9.17) is 4.74 Å². The molecule has 2 nitrogen and oxygen atoms in total. The maximum atomic E-state index is 5.96. The molecule has 1 saturated heterocycles. The molecule has 17 heavy (non-hydrogen) atoms. The van der Waals surface area contributed by atoms with Crippen LogP contribution in [-0.4, -0.2) is 19.2 Å². The van der Waals surface area contributed by atoms with Crippen molar-refractivity contribution in [2.24, 2.45) is 0 Å². The Morgan fingerprint density at radius 1 is 1.06 bits per heavy atom. The second-order valence-corrected chi connectivity index (χ2v) is 4.32. The molecule has 1 fully saturated rings. The van der Waals surface area contributed by atoms with Crippen molar-refractivity contribution < 1.29 is 4.74 Å². The van der Waals surface area contributed by atoms with Gasteiger partial charge in [-0.1, -0.05) is 30.3 Å². The molecule has 1 heterocycles. The molecule has 1 aliphatic heterocycles. The van der Waals surface area contributed by atoms with E-state index < -0.39 is 0 Å². The van der Waals surface area contributed by atoms with Gasteiger partial charge in [-0.05, 0) is 23.9 Å². The summed E-state index contributed by atoms with van der Waals surface area (Å²) in [6, 6.07) is 12.6. The number of aryl methyl sites for hydroxylation is 1. The molecule has 0 aliphatic carbocycles.